The van der Waals surface area contributed by atoms with Gasteiger partial charge in [-0.15, -0.1) is 11.3 Å². The van der Waals surface area contributed by atoms with E-state index >= 15 is 0 Å². The average molecular weight is 461 g/mol. The van der Waals surface area contributed by atoms with Crippen molar-refractivity contribution in [2.75, 3.05) is 5.32 Å². The van der Waals surface area contributed by atoms with Gasteiger partial charge < -0.3 is 10.4 Å². The Morgan fingerprint density at radius 1 is 1.15 bits per heavy atom. The molecule has 5 nitrogen and oxygen atoms in total. The summed E-state index contributed by atoms with van der Waals surface area (Å²) in [6.07, 6.45) is 1.49. The van der Waals surface area contributed by atoms with E-state index in [9.17, 15) is 9.90 Å². The standard InChI is InChI=1S/C19H11BrClN3O2S/c20-11-3-1-10(2-4-11)14-8-27-18-16(14)17(22-9-23-18)24-12-5-6-15(21)13(7-12)19(25)26/h1-9H,(H,25,26)(H,22,23,24). The molecule has 0 aliphatic rings. The molecule has 27 heavy (non-hydrogen) atoms. The van der Waals surface area contributed by atoms with Crippen LogP contribution >= 0.6 is 38.9 Å². The van der Waals surface area contributed by atoms with E-state index in [0.717, 1.165) is 25.8 Å². The molecule has 0 saturated carbocycles. The third-order valence-corrected chi connectivity index (χ3v) is 5.73. The molecule has 0 fully saturated rings. The Morgan fingerprint density at radius 3 is 2.67 bits per heavy atom. The van der Waals surface area contributed by atoms with Crippen LogP contribution in [0.1, 0.15) is 10.4 Å². The summed E-state index contributed by atoms with van der Waals surface area (Å²) in [6.45, 7) is 0. The van der Waals surface area contributed by atoms with Crippen LogP contribution in [0.2, 0.25) is 5.02 Å². The number of halogens is 2. The first-order valence-corrected chi connectivity index (χ1v) is 9.86. The number of hydrogen-bond donors (Lipinski definition) is 2. The van der Waals surface area contributed by atoms with Gasteiger partial charge in [-0.25, -0.2) is 14.8 Å². The SMILES string of the molecule is O=C(O)c1cc(Nc2ncnc3scc(-c4ccc(Br)cc4)c23)ccc1Cl. The third-order valence-electron chi connectivity index (χ3n) is 3.98. The summed E-state index contributed by atoms with van der Waals surface area (Å²) < 4.78 is 1.00. The minimum Gasteiger partial charge on any atom is -0.478 e. The van der Waals surface area contributed by atoms with Crippen molar-refractivity contribution in [3.63, 3.8) is 0 Å². The molecule has 0 bridgehead atoms. The second-order valence-electron chi connectivity index (χ2n) is 5.68. The molecule has 0 spiro atoms. The molecule has 0 radical (unpaired) electrons. The van der Waals surface area contributed by atoms with Gasteiger partial charge in [0.05, 0.1) is 16.0 Å². The summed E-state index contributed by atoms with van der Waals surface area (Å²) >= 11 is 10.9. The smallest absolute Gasteiger partial charge is 0.337 e. The summed E-state index contributed by atoms with van der Waals surface area (Å²) in [4.78, 5) is 20.9. The van der Waals surface area contributed by atoms with Crippen molar-refractivity contribution in [2.24, 2.45) is 0 Å². The number of thiophene rings is 1. The maximum absolute atomic E-state index is 11.3. The normalized spacial score (nSPS) is 10.9. The number of aromatic carboxylic acids is 1. The second kappa shape index (κ2) is 7.26. The van der Waals surface area contributed by atoms with Crippen LogP contribution in [0.3, 0.4) is 0 Å². The first kappa shape index (κ1) is 17.9. The first-order chi connectivity index (χ1) is 13.0. The highest BCUT2D eigenvalue weighted by Crippen LogP contribution is 2.38. The predicted molar refractivity (Wildman–Crippen MR) is 112 cm³/mol. The number of benzene rings is 2. The second-order valence-corrected chi connectivity index (χ2v) is 7.86. The van der Waals surface area contributed by atoms with Gasteiger partial charge in [0.1, 0.15) is 17.0 Å². The van der Waals surface area contributed by atoms with Gasteiger partial charge in [-0.05, 0) is 35.9 Å². The number of fused-ring (bicyclic) bond motifs is 1. The highest BCUT2D eigenvalue weighted by atomic mass is 79.9. The zero-order chi connectivity index (χ0) is 19.0. The van der Waals surface area contributed by atoms with Crippen molar-refractivity contribution in [3.8, 4) is 11.1 Å². The maximum Gasteiger partial charge on any atom is 0.337 e. The van der Waals surface area contributed by atoms with Gasteiger partial charge in [0.25, 0.3) is 0 Å². The largest absolute Gasteiger partial charge is 0.478 e. The molecule has 0 atom stereocenters. The van der Waals surface area contributed by atoms with Crippen LogP contribution in [0.4, 0.5) is 11.5 Å². The van der Waals surface area contributed by atoms with Crippen LogP contribution in [0.5, 0.6) is 0 Å². The summed E-state index contributed by atoms with van der Waals surface area (Å²) in [5, 5.41) is 15.6. The molecule has 8 heteroatoms. The van der Waals surface area contributed by atoms with Gasteiger partial charge in [0, 0.05) is 21.1 Å². The van der Waals surface area contributed by atoms with E-state index < -0.39 is 5.97 Å². The Labute approximate surface area is 171 Å². The zero-order valence-corrected chi connectivity index (χ0v) is 16.8. The number of nitrogens with one attached hydrogen (secondary N) is 1. The van der Waals surface area contributed by atoms with Crippen molar-refractivity contribution in [1.82, 2.24) is 9.97 Å². The molecule has 2 heterocycles. The quantitative estimate of drug-likeness (QED) is 0.378. The maximum atomic E-state index is 11.3. The lowest BCUT2D eigenvalue weighted by Gasteiger charge is -2.10. The Morgan fingerprint density at radius 2 is 1.93 bits per heavy atom. The van der Waals surface area contributed by atoms with E-state index in [0.29, 0.717) is 11.5 Å². The Balaban J connectivity index is 1.81. The molecule has 0 unspecified atom stereocenters. The van der Waals surface area contributed by atoms with E-state index in [1.807, 2.05) is 29.6 Å². The lowest BCUT2D eigenvalue weighted by atomic mass is 10.1. The van der Waals surface area contributed by atoms with Gasteiger partial charge >= 0.3 is 5.97 Å². The van der Waals surface area contributed by atoms with Gasteiger partial charge in [-0.1, -0.05) is 39.7 Å². The molecule has 4 aromatic rings. The Hall–Kier alpha value is -2.48. The topological polar surface area (TPSA) is 75.1 Å². The van der Waals surface area contributed by atoms with E-state index in [1.165, 1.54) is 23.7 Å². The molecule has 0 aliphatic carbocycles. The van der Waals surface area contributed by atoms with Crippen LogP contribution in [0.25, 0.3) is 21.3 Å². The molecule has 134 valence electrons. The van der Waals surface area contributed by atoms with Crippen molar-refractivity contribution < 1.29 is 9.90 Å². The number of carbonyl (C=O) groups is 1. The zero-order valence-electron chi connectivity index (χ0n) is 13.6. The van der Waals surface area contributed by atoms with Crippen LogP contribution in [-0.2, 0) is 0 Å². The number of rotatable bonds is 4. The average Bonchev–Trinajstić information content (AvgIpc) is 3.09. The summed E-state index contributed by atoms with van der Waals surface area (Å²) in [5.41, 5.74) is 2.68. The number of aromatic nitrogens is 2. The third kappa shape index (κ3) is 3.53. The monoisotopic (exact) mass is 459 g/mol. The lowest BCUT2D eigenvalue weighted by molar-refractivity contribution is 0.0697. The van der Waals surface area contributed by atoms with Crippen molar-refractivity contribution >= 4 is 66.6 Å². The number of carboxylic acid groups (broad SMARTS) is 1. The Bertz CT molecular complexity index is 1160. The number of carboxylic acids is 1. The molecule has 4 rings (SSSR count). The fourth-order valence-electron chi connectivity index (χ4n) is 2.72. The van der Waals surface area contributed by atoms with Gasteiger partial charge in [0.15, 0.2) is 0 Å². The van der Waals surface area contributed by atoms with Crippen LogP contribution in [0, 0.1) is 0 Å². The molecule has 0 aliphatic heterocycles. The van der Waals surface area contributed by atoms with Gasteiger partial charge in [0.2, 0.25) is 0 Å². The number of anilines is 2. The molecule has 2 aromatic carbocycles. The molecular weight excluding hydrogens is 450 g/mol. The van der Waals surface area contributed by atoms with Crippen molar-refractivity contribution in [1.29, 1.82) is 0 Å². The summed E-state index contributed by atoms with van der Waals surface area (Å²) in [5.74, 6) is -0.472. The molecule has 2 aromatic heterocycles. The van der Waals surface area contributed by atoms with Gasteiger partial charge in [-0.2, -0.15) is 0 Å². The van der Waals surface area contributed by atoms with Crippen LogP contribution in [0.15, 0.2) is 58.6 Å². The van der Waals surface area contributed by atoms with E-state index in [-0.39, 0.29) is 10.6 Å². The lowest BCUT2D eigenvalue weighted by Crippen LogP contribution is -2.00. The van der Waals surface area contributed by atoms with E-state index in [1.54, 1.807) is 12.1 Å². The van der Waals surface area contributed by atoms with Gasteiger partial charge in [-0.3, -0.25) is 0 Å². The van der Waals surface area contributed by atoms with E-state index in [2.05, 4.69) is 31.2 Å². The van der Waals surface area contributed by atoms with Crippen LogP contribution in [-0.4, -0.2) is 21.0 Å². The molecule has 0 saturated heterocycles. The fourth-order valence-corrected chi connectivity index (χ4v) is 4.09. The van der Waals surface area contributed by atoms with Crippen molar-refractivity contribution in [2.45, 2.75) is 0 Å². The number of nitrogens with zero attached hydrogens (tertiary/aromatic N) is 2. The molecule has 0 amide bonds. The molecule has 2 N–H and O–H groups in total. The predicted octanol–water partition coefficient (Wildman–Crippen LogP) is 6.22. The summed E-state index contributed by atoms with van der Waals surface area (Å²) in [6, 6.07) is 12.8. The van der Waals surface area contributed by atoms with Crippen LogP contribution < -0.4 is 5.32 Å². The molecular formula is C19H11BrClN3O2S. The first-order valence-electron chi connectivity index (χ1n) is 7.81. The number of hydrogen-bond acceptors (Lipinski definition) is 5. The highest BCUT2D eigenvalue weighted by Gasteiger charge is 2.15. The highest BCUT2D eigenvalue weighted by molar-refractivity contribution is 9.10. The minimum absolute atomic E-state index is 0.0328. The van der Waals surface area contributed by atoms with E-state index in [4.69, 9.17) is 11.6 Å². The fraction of sp³-hybridized carbons (Fsp3) is 0. The minimum atomic E-state index is -1.08. The summed E-state index contributed by atoms with van der Waals surface area (Å²) in [7, 11) is 0. The van der Waals surface area contributed by atoms with Crippen molar-refractivity contribution in [3.05, 3.63) is 69.2 Å². The Kier molecular flexibility index (Phi) is 4.82.